The molecule has 1 aliphatic carbocycles. The van der Waals surface area contributed by atoms with Crippen LogP contribution in [-0.4, -0.2) is 16.7 Å². The molecule has 0 aliphatic heterocycles. The first-order chi connectivity index (χ1) is 7.65. The number of halogens is 1. The molecule has 1 aliphatic rings. The van der Waals surface area contributed by atoms with Gasteiger partial charge in [-0.05, 0) is 46.0 Å². The van der Waals surface area contributed by atoms with Crippen LogP contribution in [0.15, 0.2) is 16.6 Å². The van der Waals surface area contributed by atoms with Crippen LogP contribution >= 0.6 is 15.9 Å². The molecule has 0 saturated heterocycles. The van der Waals surface area contributed by atoms with Crippen molar-refractivity contribution in [3.8, 4) is 6.07 Å². The molecule has 1 aromatic rings. The molecule has 5 heteroatoms. The van der Waals surface area contributed by atoms with E-state index >= 15 is 0 Å². The van der Waals surface area contributed by atoms with Gasteiger partial charge in [-0.1, -0.05) is 6.07 Å². The Balaban J connectivity index is 0.000000386. The second-order valence-corrected chi connectivity index (χ2v) is 4.06. The maximum Gasteiger partial charge on any atom is 0.290 e. The molecule has 16 heavy (non-hydrogen) atoms. The number of aliphatic hydroxyl groups is 1. The highest BCUT2D eigenvalue weighted by atomic mass is 79.9. The summed E-state index contributed by atoms with van der Waals surface area (Å²) in [6, 6.07) is 5.70. The van der Waals surface area contributed by atoms with Crippen molar-refractivity contribution in [2.24, 2.45) is 0 Å². The third-order valence-electron chi connectivity index (χ3n) is 2.43. The van der Waals surface area contributed by atoms with E-state index in [1.54, 1.807) is 6.07 Å². The lowest BCUT2D eigenvalue weighted by Crippen LogP contribution is -1.91. The summed E-state index contributed by atoms with van der Waals surface area (Å²) in [6.45, 7) is -0.250. The van der Waals surface area contributed by atoms with Gasteiger partial charge in [0, 0.05) is 4.47 Å². The Labute approximate surface area is 101 Å². The third kappa shape index (κ3) is 2.40. The summed E-state index contributed by atoms with van der Waals surface area (Å²) in [5.41, 5.74) is 2.70. The molecule has 0 spiro atoms. The number of nitriles is 1. The molecule has 0 saturated carbocycles. The van der Waals surface area contributed by atoms with Crippen LogP contribution in [0.3, 0.4) is 0 Å². The number of hydrogen-bond acceptors (Lipinski definition) is 3. The Morgan fingerprint density at radius 2 is 2.19 bits per heavy atom. The minimum atomic E-state index is -0.348. The van der Waals surface area contributed by atoms with Gasteiger partial charge in [0.1, 0.15) is 6.07 Å². The van der Waals surface area contributed by atoms with E-state index in [0.29, 0.717) is 5.56 Å². The molecule has 0 aromatic heterocycles. The summed E-state index contributed by atoms with van der Waals surface area (Å²) in [5, 5.41) is 25.2. The molecule has 0 radical (unpaired) electrons. The molecule has 0 fully saturated rings. The van der Waals surface area contributed by atoms with Gasteiger partial charge in [-0.3, -0.25) is 4.79 Å². The minimum Gasteiger partial charge on any atom is -0.483 e. The van der Waals surface area contributed by atoms with Gasteiger partial charge < -0.3 is 10.2 Å². The summed E-state index contributed by atoms with van der Waals surface area (Å²) in [7, 11) is 0. The van der Waals surface area contributed by atoms with Gasteiger partial charge in [-0.2, -0.15) is 5.26 Å². The predicted molar refractivity (Wildman–Crippen MR) is 60.8 cm³/mol. The molecule has 0 heterocycles. The first kappa shape index (κ1) is 12.7. The number of carboxylic acid groups (broad SMARTS) is 1. The average Bonchev–Trinajstić information content (AvgIpc) is 2.63. The van der Waals surface area contributed by atoms with Crippen molar-refractivity contribution in [2.75, 3.05) is 0 Å². The van der Waals surface area contributed by atoms with E-state index < -0.39 is 0 Å². The molecule has 0 bridgehead atoms. The van der Waals surface area contributed by atoms with E-state index in [1.165, 1.54) is 0 Å². The lowest BCUT2D eigenvalue weighted by molar-refractivity contribution is -0.122. The fraction of sp³-hybridized carbons (Fsp3) is 0.273. The van der Waals surface area contributed by atoms with Gasteiger partial charge in [0.25, 0.3) is 6.47 Å². The molecule has 0 amide bonds. The highest BCUT2D eigenvalue weighted by Crippen LogP contribution is 2.36. The summed E-state index contributed by atoms with van der Waals surface area (Å²) < 4.78 is 0.851. The maximum atomic E-state index is 9.57. The van der Waals surface area contributed by atoms with Crippen molar-refractivity contribution < 1.29 is 15.0 Å². The van der Waals surface area contributed by atoms with Gasteiger partial charge in [-0.15, -0.1) is 0 Å². The Morgan fingerprint density at radius 3 is 2.75 bits per heavy atom. The second kappa shape index (κ2) is 5.64. The van der Waals surface area contributed by atoms with Crippen LogP contribution in [0.4, 0.5) is 0 Å². The monoisotopic (exact) mass is 283 g/mol. The zero-order chi connectivity index (χ0) is 12.1. The zero-order valence-corrected chi connectivity index (χ0v) is 9.94. The van der Waals surface area contributed by atoms with Crippen molar-refractivity contribution in [1.82, 2.24) is 0 Å². The standard InChI is InChI=1S/C10H8BrNO.CH2O2/c11-10-6(5-12)1-2-7-8(10)3-4-9(7)13;2-1-3/h1-2,9,13H,3-4H2;1H,(H,2,3)/t9-;/m0./s1. The van der Waals surface area contributed by atoms with Crippen LogP contribution in [0.2, 0.25) is 0 Å². The van der Waals surface area contributed by atoms with Gasteiger partial charge in [0.05, 0.1) is 11.7 Å². The number of aliphatic hydroxyl groups excluding tert-OH is 1. The lowest BCUT2D eigenvalue weighted by atomic mass is 10.1. The first-order valence-corrected chi connectivity index (χ1v) is 5.42. The number of nitrogens with zero attached hydrogens (tertiary/aromatic N) is 1. The molecule has 4 nitrogen and oxygen atoms in total. The van der Waals surface area contributed by atoms with E-state index in [2.05, 4.69) is 22.0 Å². The van der Waals surface area contributed by atoms with Crippen LogP contribution in [-0.2, 0) is 11.2 Å². The number of hydrogen-bond donors (Lipinski definition) is 2. The fourth-order valence-electron chi connectivity index (χ4n) is 1.73. The first-order valence-electron chi connectivity index (χ1n) is 4.63. The van der Waals surface area contributed by atoms with E-state index in [1.807, 2.05) is 6.07 Å². The van der Waals surface area contributed by atoms with E-state index in [-0.39, 0.29) is 12.6 Å². The minimum absolute atomic E-state index is 0.250. The Kier molecular flexibility index (Phi) is 4.47. The van der Waals surface area contributed by atoms with Crippen LogP contribution in [0, 0.1) is 11.3 Å². The van der Waals surface area contributed by atoms with Crippen molar-refractivity contribution in [2.45, 2.75) is 18.9 Å². The molecular weight excluding hydrogens is 274 g/mol. The van der Waals surface area contributed by atoms with Crippen molar-refractivity contribution >= 4 is 22.4 Å². The largest absolute Gasteiger partial charge is 0.483 e. The molecule has 1 aromatic carbocycles. The Hall–Kier alpha value is -1.38. The quantitative estimate of drug-likeness (QED) is 0.714. The second-order valence-electron chi connectivity index (χ2n) is 3.27. The fourth-order valence-corrected chi connectivity index (χ4v) is 2.37. The highest BCUT2D eigenvalue weighted by molar-refractivity contribution is 9.10. The van der Waals surface area contributed by atoms with Gasteiger partial charge >= 0.3 is 0 Å². The maximum absolute atomic E-state index is 9.57. The Bertz CT molecular complexity index is 440. The topological polar surface area (TPSA) is 81.3 Å². The van der Waals surface area contributed by atoms with Gasteiger partial charge in [0.2, 0.25) is 0 Å². The van der Waals surface area contributed by atoms with Crippen LogP contribution in [0.5, 0.6) is 0 Å². The summed E-state index contributed by atoms with van der Waals surface area (Å²) >= 11 is 3.39. The van der Waals surface area contributed by atoms with E-state index in [4.69, 9.17) is 15.2 Å². The normalized spacial score (nSPS) is 16.7. The van der Waals surface area contributed by atoms with Crippen LogP contribution in [0.25, 0.3) is 0 Å². The molecular formula is C11H10BrNO3. The molecule has 2 rings (SSSR count). The average molecular weight is 284 g/mol. The molecule has 0 unspecified atom stereocenters. The summed E-state index contributed by atoms with van der Waals surface area (Å²) in [6.07, 6.45) is 1.27. The van der Waals surface area contributed by atoms with E-state index in [0.717, 1.165) is 28.4 Å². The third-order valence-corrected chi connectivity index (χ3v) is 3.33. The van der Waals surface area contributed by atoms with Crippen LogP contribution < -0.4 is 0 Å². The SMILES string of the molecule is N#Cc1ccc2c(c1Br)CC[C@@H]2O.O=CO. The summed E-state index contributed by atoms with van der Waals surface area (Å²) in [5.74, 6) is 0. The van der Waals surface area contributed by atoms with Crippen LogP contribution in [0.1, 0.15) is 29.2 Å². The lowest BCUT2D eigenvalue weighted by Gasteiger charge is -2.05. The summed E-state index contributed by atoms with van der Waals surface area (Å²) in [4.78, 5) is 8.36. The van der Waals surface area contributed by atoms with Crippen molar-refractivity contribution in [3.63, 3.8) is 0 Å². The van der Waals surface area contributed by atoms with E-state index in [9.17, 15) is 5.11 Å². The Morgan fingerprint density at radius 1 is 1.56 bits per heavy atom. The number of benzene rings is 1. The number of carbonyl (C=O) groups is 1. The van der Waals surface area contributed by atoms with Crippen molar-refractivity contribution in [1.29, 1.82) is 5.26 Å². The van der Waals surface area contributed by atoms with Gasteiger partial charge in [-0.25, -0.2) is 0 Å². The molecule has 84 valence electrons. The molecule has 2 N–H and O–H groups in total. The van der Waals surface area contributed by atoms with Gasteiger partial charge in [0.15, 0.2) is 0 Å². The number of rotatable bonds is 0. The molecule has 1 atom stereocenters. The zero-order valence-electron chi connectivity index (χ0n) is 8.35. The van der Waals surface area contributed by atoms with Crippen molar-refractivity contribution in [3.05, 3.63) is 33.3 Å². The highest BCUT2D eigenvalue weighted by Gasteiger charge is 2.23. The predicted octanol–water partition coefficient (Wildman–Crippen LogP) is 2.00. The number of fused-ring (bicyclic) bond motifs is 1. The smallest absolute Gasteiger partial charge is 0.290 e.